The standard InChI is InChI=1S/C22H35N5O8S/c1-21(2,3)34-19(30)24-10-7-9-23-18(29)32-12-16-33-15(13-36-16)27-11-8-14(25-17(27)28)26-20(31)35-22(4,5)6/h8,11,15-16H,7,9-10,12-13H2,1-6H3,(H,23,29)(H,24,30)(H,25,26,28,31)/t15-,16+/m0/s1. The first-order valence-corrected chi connectivity index (χ1v) is 12.5. The van der Waals surface area contributed by atoms with Crippen LogP contribution in [0.15, 0.2) is 17.1 Å². The highest BCUT2D eigenvalue weighted by Gasteiger charge is 2.29. The molecule has 3 amide bonds. The van der Waals surface area contributed by atoms with E-state index in [9.17, 15) is 19.2 Å². The molecule has 0 spiro atoms. The molecule has 1 aliphatic heterocycles. The summed E-state index contributed by atoms with van der Waals surface area (Å²) in [5, 5.41) is 7.60. The Kier molecular flexibility index (Phi) is 10.4. The van der Waals surface area contributed by atoms with E-state index in [1.54, 1.807) is 41.5 Å². The Balaban J connectivity index is 1.68. The molecule has 14 heteroatoms. The van der Waals surface area contributed by atoms with Crippen LogP contribution in [0.3, 0.4) is 0 Å². The number of rotatable bonds is 8. The zero-order valence-electron chi connectivity index (χ0n) is 21.4. The molecule has 36 heavy (non-hydrogen) atoms. The number of anilines is 1. The topological polar surface area (TPSA) is 159 Å². The van der Waals surface area contributed by atoms with Gasteiger partial charge in [0.2, 0.25) is 0 Å². The van der Waals surface area contributed by atoms with Crippen LogP contribution in [0, 0.1) is 0 Å². The van der Waals surface area contributed by atoms with Gasteiger partial charge in [0.25, 0.3) is 0 Å². The summed E-state index contributed by atoms with van der Waals surface area (Å²) in [6.07, 6.45) is -0.473. The molecule has 0 bridgehead atoms. The summed E-state index contributed by atoms with van der Waals surface area (Å²) in [6, 6.07) is 1.47. The molecule has 1 saturated heterocycles. The number of hydrogen-bond donors (Lipinski definition) is 3. The van der Waals surface area contributed by atoms with Gasteiger partial charge in [0.1, 0.15) is 35.3 Å². The Morgan fingerprint density at radius 3 is 2.28 bits per heavy atom. The highest BCUT2D eigenvalue weighted by molar-refractivity contribution is 8.00. The van der Waals surface area contributed by atoms with E-state index in [-0.39, 0.29) is 12.4 Å². The van der Waals surface area contributed by atoms with Crippen molar-refractivity contribution in [2.24, 2.45) is 0 Å². The minimum atomic E-state index is -0.713. The number of hydrogen-bond acceptors (Lipinski definition) is 10. The minimum absolute atomic E-state index is 0.0103. The average Bonchev–Trinajstić information content (AvgIpc) is 3.18. The van der Waals surface area contributed by atoms with Crippen LogP contribution in [-0.2, 0) is 18.9 Å². The third-order valence-corrected chi connectivity index (χ3v) is 5.24. The molecular weight excluding hydrogens is 494 g/mol. The molecule has 1 fully saturated rings. The fourth-order valence-electron chi connectivity index (χ4n) is 2.76. The second-order valence-electron chi connectivity index (χ2n) is 9.79. The lowest BCUT2D eigenvalue weighted by atomic mass is 10.2. The van der Waals surface area contributed by atoms with Gasteiger partial charge in [0, 0.05) is 25.0 Å². The van der Waals surface area contributed by atoms with Crippen molar-refractivity contribution in [1.29, 1.82) is 0 Å². The van der Waals surface area contributed by atoms with E-state index in [4.69, 9.17) is 18.9 Å². The number of alkyl carbamates (subject to hydrolysis) is 2. The van der Waals surface area contributed by atoms with Crippen LogP contribution < -0.4 is 21.6 Å². The largest absolute Gasteiger partial charge is 0.446 e. The molecule has 13 nitrogen and oxygen atoms in total. The van der Waals surface area contributed by atoms with Crippen LogP contribution in [0.2, 0.25) is 0 Å². The van der Waals surface area contributed by atoms with Crippen LogP contribution in [0.4, 0.5) is 20.2 Å². The summed E-state index contributed by atoms with van der Waals surface area (Å²) >= 11 is 1.39. The van der Waals surface area contributed by atoms with Crippen molar-refractivity contribution >= 4 is 35.9 Å². The lowest BCUT2D eigenvalue weighted by molar-refractivity contribution is -0.0105. The molecule has 1 aliphatic rings. The Bertz CT molecular complexity index is 972. The molecule has 2 heterocycles. The van der Waals surface area contributed by atoms with E-state index in [0.29, 0.717) is 25.3 Å². The smallest absolute Gasteiger partial charge is 0.413 e. The van der Waals surface area contributed by atoms with Gasteiger partial charge >= 0.3 is 24.0 Å². The van der Waals surface area contributed by atoms with Crippen LogP contribution in [-0.4, -0.2) is 69.9 Å². The summed E-state index contributed by atoms with van der Waals surface area (Å²) in [7, 11) is 0. The van der Waals surface area contributed by atoms with E-state index in [1.165, 1.54) is 28.6 Å². The number of thioether (sulfide) groups is 1. The van der Waals surface area contributed by atoms with Gasteiger partial charge in [0.05, 0.1) is 0 Å². The van der Waals surface area contributed by atoms with Crippen molar-refractivity contribution in [2.45, 2.75) is 70.8 Å². The SMILES string of the molecule is CC(C)(C)OC(=O)NCCCNC(=O)OC[C@@H]1O[C@H](n2ccc(NC(=O)OC(C)(C)C)nc2=O)CS1. The van der Waals surface area contributed by atoms with Gasteiger partial charge < -0.3 is 29.6 Å². The van der Waals surface area contributed by atoms with Crippen LogP contribution in [0.1, 0.15) is 54.2 Å². The maximum Gasteiger partial charge on any atom is 0.413 e. The van der Waals surface area contributed by atoms with E-state index >= 15 is 0 Å². The summed E-state index contributed by atoms with van der Waals surface area (Å²) in [6.45, 7) is 11.1. The molecule has 0 aromatic carbocycles. The highest BCUT2D eigenvalue weighted by Crippen LogP contribution is 2.31. The average molecular weight is 530 g/mol. The quantitative estimate of drug-likeness (QED) is 0.337. The van der Waals surface area contributed by atoms with Gasteiger partial charge in [-0.1, -0.05) is 0 Å². The third-order valence-electron chi connectivity index (χ3n) is 4.14. The van der Waals surface area contributed by atoms with E-state index in [1.807, 2.05) is 0 Å². The molecule has 1 aromatic rings. The molecule has 202 valence electrons. The van der Waals surface area contributed by atoms with E-state index in [0.717, 1.165) is 0 Å². The summed E-state index contributed by atoms with van der Waals surface area (Å²) in [4.78, 5) is 51.5. The van der Waals surface area contributed by atoms with E-state index in [2.05, 4.69) is 20.9 Å². The van der Waals surface area contributed by atoms with Gasteiger partial charge in [-0.25, -0.2) is 19.2 Å². The fourth-order valence-corrected chi connectivity index (χ4v) is 3.75. The van der Waals surface area contributed by atoms with Gasteiger partial charge in [-0.2, -0.15) is 4.98 Å². The number of amides is 3. The molecule has 2 atom stereocenters. The first-order chi connectivity index (χ1) is 16.7. The third kappa shape index (κ3) is 11.2. The van der Waals surface area contributed by atoms with Crippen molar-refractivity contribution in [3.8, 4) is 0 Å². The maximum absolute atomic E-state index is 12.4. The second-order valence-corrected chi connectivity index (χ2v) is 11.0. The minimum Gasteiger partial charge on any atom is -0.446 e. The molecule has 0 saturated carbocycles. The number of aromatic nitrogens is 2. The zero-order chi connectivity index (χ0) is 26.9. The van der Waals surface area contributed by atoms with Crippen molar-refractivity contribution in [1.82, 2.24) is 20.2 Å². The molecule has 0 radical (unpaired) electrons. The molecule has 3 N–H and O–H groups in total. The molecule has 1 aromatic heterocycles. The van der Waals surface area contributed by atoms with Crippen molar-refractivity contribution in [3.05, 3.63) is 22.7 Å². The first kappa shape index (κ1) is 29.2. The highest BCUT2D eigenvalue weighted by atomic mass is 32.2. The normalized spacial score (nSPS) is 17.7. The second kappa shape index (κ2) is 12.8. The zero-order valence-corrected chi connectivity index (χ0v) is 22.2. The fraction of sp³-hybridized carbons (Fsp3) is 0.682. The Labute approximate surface area is 214 Å². The Hall–Kier alpha value is -3.00. The Morgan fingerprint density at radius 1 is 1.06 bits per heavy atom. The van der Waals surface area contributed by atoms with E-state index < -0.39 is 46.8 Å². The summed E-state index contributed by atoms with van der Waals surface area (Å²) in [5.74, 6) is 0.515. The molecular formula is C22H35N5O8S. The van der Waals surface area contributed by atoms with Crippen LogP contribution in [0.25, 0.3) is 0 Å². The molecule has 2 rings (SSSR count). The number of nitrogens with one attached hydrogen (secondary N) is 3. The van der Waals surface area contributed by atoms with Crippen molar-refractivity contribution < 1.29 is 33.3 Å². The summed E-state index contributed by atoms with van der Waals surface area (Å²) < 4.78 is 22.5. The monoisotopic (exact) mass is 529 g/mol. The molecule has 0 aliphatic carbocycles. The number of ether oxygens (including phenoxy) is 4. The lowest BCUT2D eigenvalue weighted by Gasteiger charge is -2.19. The van der Waals surface area contributed by atoms with Gasteiger partial charge in [-0.3, -0.25) is 9.88 Å². The van der Waals surface area contributed by atoms with Gasteiger partial charge in [-0.05, 0) is 54.0 Å². The van der Waals surface area contributed by atoms with Crippen molar-refractivity contribution in [3.63, 3.8) is 0 Å². The predicted octanol–water partition coefficient (Wildman–Crippen LogP) is 2.82. The van der Waals surface area contributed by atoms with Crippen molar-refractivity contribution in [2.75, 3.05) is 30.8 Å². The number of carbonyl (C=O) groups is 3. The van der Waals surface area contributed by atoms with Crippen LogP contribution >= 0.6 is 11.8 Å². The first-order valence-electron chi connectivity index (χ1n) is 11.5. The number of nitrogens with zero attached hydrogens (tertiary/aromatic N) is 2. The van der Waals surface area contributed by atoms with Gasteiger partial charge in [0.15, 0.2) is 0 Å². The summed E-state index contributed by atoms with van der Waals surface area (Å²) in [5.41, 5.74) is -2.31. The maximum atomic E-state index is 12.4. The Morgan fingerprint density at radius 2 is 1.67 bits per heavy atom. The van der Waals surface area contributed by atoms with Gasteiger partial charge in [-0.15, -0.1) is 11.8 Å². The van der Waals surface area contributed by atoms with Crippen LogP contribution in [0.5, 0.6) is 0 Å². The lowest BCUT2D eigenvalue weighted by Crippen LogP contribution is -2.35. The number of carbonyl (C=O) groups excluding carboxylic acids is 3. The molecule has 0 unspecified atom stereocenters. The predicted molar refractivity (Wildman–Crippen MR) is 133 cm³/mol.